The molecule has 5 nitrogen and oxygen atoms in total. The molecule has 1 aromatic heterocycles. The van der Waals surface area contributed by atoms with Gasteiger partial charge in [-0.05, 0) is 12.8 Å². The Balaban J connectivity index is 1.83. The summed E-state index contributed by atoms with van der Waals surface area (Å²) in [6.45, 7) is 1.10. The van der Waals surface area contributed by atoms with Gasteiger partial charge in [0, 0.05) is 46.7 Å². The monoisotopic (exact) mass is 340 g/mol. The van der Waals surface area contributed by atoms with Crippen molar-refractivity contribution in [2.45, 2.75) is 83.1 Å². The fourth-order valence-corrected chi connectivity index (χ4v) is 3.03. The first-order valence-corrected chi connectivity index (χ1v) is 9.37. The highest BCUT2D eigenvalue weighted by molar-refractivity contribution is 4.73. The number of methoxy groups -OCH3 is 3. The second-order valence-electron chi connectivity index (χ2n) is 6.38. The minimum absolute atomic E-state index is 0.785. The zero-order chi connectivity index (χ0) is 17.5. The van der Waals surface area contributed by atoms with Crippen LogP contribution in [0.25, 0.3) is 0 Å². The molecular formula is C19H36N2O3. The molecule has 0 atom stereocenters. The van der Waals surface area contributed by atoms with Crippen molar-refractivity contribution in [3.05, 3.63) is 18.7 Å². The van der Waals surface area contributed by atoms with Crippen LogP contribution in [0.15, 0.2) is 18.7 Å². The molecule has 0 aliphatic rings. The van der Waals surface area contributed by atoms with E-state index in [1.165, 1.54) is 57.8 Å². The highest BCUT2D eigenvalue weighted by Gasteiger charge is 2.28. The lowest BCUT2D eigenvalue weighted by Crippen LogP contribution is -2.35. The van der Waals surface area contributed by atoms with Gasteiger partial charge >= 0.3 is 0 Å². The lowest BCUT2D eigenvalue weighted by atomic mass is 10.1. The van der Waals surface area contributed by atoms with E-state index in [2.05, 4.69) is 9.55 Å². The van der Waals surface area contributed by atoms with Crippen molar-refractivity contribution in [3.8, 4) is 0 Å². The summed E-state index contributed by atoms with van der Waals surface area (Å²) in [6.07, 6.45) is 19.5. The number of imidazole rings is 1. The molecule has 0 bridgehead atoms. The van der Waals surface area contributed by atoms with Crippen molar-refractivity contribution < 1.29 is 14.2 Å². The molecule has 0 N–H and O–H groups in total. The van der Waals surface area contributed by atoms with Crippen LogP contribution in [0.3, 0.4) is 0 Å². The molecular weight excluding hydrogens is 304 g/mol. The predicted molar refractivity (Wildman–Crippen MR) is 96.8 cm³/mol. The number of aromatic nitrogens is 2. The van der Waals surface area contributed by atoms with Gasteiger partial charge in [-0.2, -0.15) is 0 Å². The Morgan fingerprint density at radius 1 is 0.750 bits per heavy atom. The van der Waals surface area contributed by atoms with Gasteiger partial charge in [-0.3, -0.25) is 0 Å². The maximum absolute atomic E-state index is 5.30. The minimum Gasteiger partial charge on any atom is -0.337 e. The first-order valence-electron chi connectivity index (χ1n) is 9.37. The molecule has 0 radical (unpaired) electrons. The smallest absolute Gasteiger partial charge is 0.282 e. The lowest BCUT2D eigenvalue weighted by Gasteiger charge is -2.28. The van der Waals surface area contributed by atoms with Crippen molar-refractivity contribution in [2.24, 2.45) is 0 Å². The Morgan fingerprint density at radius 2 is 1.25 bits per heavy atom. The van der Waals surface area contributed by atoms with E-state index in [9.17, 15) is 0 Å². The standard InChI is InChI=1S/C19H36N2O3/c1-22-19(23-2,24-3)14-12-10-8-6-4-5-7-9-11-13-16-21-17-15-20-18-21/h15,17-18H,4-14,16H2,1-3H3. The fourth-order valence-electron chi connectivity index (χ4n) is 3.03. The van der Waals surface area contributed by atoms with Crippen LogP contribution in [-0.2, 0) is 20.8 Å². The average Bonchev–Trinajstić information content (AvgIpc) is 3.13. The maximum atomic E-state index is 5.30. The first-order chi connectivity index (χ1) is 11.8. The Kier molecular flexibility index (Phi) is 11.8. The Bertz CT molecular complexity index is 370. The molecule has 24 heavy (non-hydrogen) atoms. The molecule has 0 unspecified atom stereocenters. The van der Waals surface area contributed by atoms with E-state index in [1.54, 1.807) is 21.3 Å². The van der Waals surface area contributed by atoms with Gasteiger partial charge in [-0.25, -0.2) is 4.98 Å². The number of rotatable bonds is 16. The molecule has 0 spiro atoms. The molecule has 1 rings (SSSR count). The van der Waals surface area contributed by atoms with Crippen LogP contribution in [0.4, 0.5) is 0 Å². The number of hydrogen-bond donors (Lipinski definition) is 0. The van der Waals surface area contributed by atoms with E-state index in [1.807, 2.05) is 18.7 Å². The van der Waals surface area contributed by atoms with Gasteiger partial charge < -0.3 is 18.8 Å². The molecule has 1 aromatic rings. The van der Waals surface area contributed by atoms with Crippen LogP contribution in [0.2, 0.25) is 0 Å². The van der Waals surface area contributed by atoms with E-state index < -0.39 is 5.97 Å². The third-order valence-corrected chi connectivity index (χ3v) is 4.64. The molecule has 1 heterocycles. The van der Waals surface area contributed by atoms with E-state index in [-0.39, 0.29) is 0 Å². The number of nitrogens with zero attached hydrogens (tertiary/aromatic N) is 2. The molecule has 5 heteroatoms. The molecule has 0 saturated carbocycles. The van der Waals surface area contributed by atoms with E-state index >= 15 is 0 Å². The SMILES string of the molecule is COC(CCCCCCCCCCCCn1ccnc1)(OC)OC. The Labute approximate surface area is 147 Å². The second-order valence-corrected chi connectivity index (χ2v) is 6.38. The second kappa shape index (κ2) is 13.4. The number of ether oxygens (including phenoxy) is 3. The lowest BCUT2D eigenvalue weighted by molar-refractivity contribution is -0.355. The third-order valence-electron chi connectivity index (χ3n) is 4.64. The average molecular weight is 341 g/mol. The van der Waals surface area contributed by atoms with Gasteiger partial charge in [0.1, 0.15) is 0 Å². The van der Waals surface area contributed by atoms with Crippen molar-refractivity contribution in [1.82, 2.24) is 9.55 Å². The van der Waals surface area contributed by atoms with Gasteiger partial charge in [0.15, 0.2) is 0 Å². The van der Waals surface area contributed by atoms with Crippen LogP contribution in [0.5, 0.6) is 0 Å². The first kappa shape index (κ1) is 21.1. The summed E-state index contributed by atoms with van der Waals surface area (Å²) in [5.41, 5.74) is 0. The van der Waals surface area contributed by atoms with Gasteiger partial charge in [0.25, 0.3) is 5.97 Å². The number of aryl methyl sites for hydroxylation is 1. The summed E-state index contributed by atoms with van der Waals surface area (Å²) in [6, 6.07) is 0. The number of hydrogen-bond acceptors (Lipinski definition) is 4. The van der Waals surface area contributed by atoms with Crippen LogP contribution in [0, 0.1) is 0 Å². The summed E-state index contributed by atoms with van der Waals surface area (Å²) >= 11 is 0. The topological polar surface area (TPSA) is 45.5 Å². The zero-order valence-electron chi connectivity index (χ0n) is 15.8. The highest BCUT2D eigenvalue weighted by Crippen LogP contribution is 2.21. The van der Waals surface area contributed by atoms with E-state index in [4.69, 9.17) is 14.2 Å². The van der Waals surface area contributed by atoms with Crippen LogP contribution >= 0.6 is 0 Å². The zero-order valence-corrected chi connectivity index (χ0v) is 15.8. The summed E-state index contributed by atoms with van der Waals surface area (Å²) < 4.78 is 18.1. The summed E-state index contributed by atoms with van der Waals surface area (Å²) in [5, 5.41) is 0. The van der Waals surface area contributed by atoms with E-state index in [0.29, 0.717) is 0 Å². The number of unbranched alkanes of at least 4 members (excludes halogenated alkanes) is 9. The van der Waals surface area contributed by atoms with Crippen LogP contribution in [0.1, 0.15) is 70.6 Å². The van der Waals surface area contributed by atoms with Gasteiger partial charge in [0.2, 0.25) is 0 Å². The normalized spacial score (nSPS) is 12.0. The Morgan fingerprint density at radius 3 is 1.71 bits per heavy atom. The predicted octanol–water partition coefficient (Wildman–Crippen LogP) is 4.77. The van der Waals surface area contributed by atoms with Crippen molar-refractivity contribution in [2.75, 3.05) is 21.3 Å². The van der Waals surface area contributed by atoms with Gasteiger partial charge in [0.05, 0.1) is 6.33 Å². The van der Waals surface area contributed by atoms with Crippen LogP contribution in [-0.4, -0.2) is 36.9 Å². The fraction of sp³-hybridized carbons (Fsp3) is 0.842. The molecule has 0 aliphatic heterocycles. The molecule has 0 fully saturated rings. The van der Waals surface area contributed by atoms with Crippen molar-refractivity contribution in [1.29, 1.82) is 0 Å². The maximum Gasteiger partial charge on any atom is 0.282 e. The molecule has 0 aliphatic carbocycles. The molecule has 0 aromatic carbocycles. The molecule has 0 saturated heterocycles. The van der Waals surface area contributed by atoms with Crippen LogP contribution < -0.4 is 0 Å². The quantitative estimate of drug-likeness (QED) is 0.321. The minimum atomic E-state index is -0.850. The largest absolute Gasteiger partial charge is 0.337 e. The summed E-state index contributed by atoms with van der Waals surface area (Å²) in [5.74, 6) is -0.850. The van der Waals surface area contributed by atoms with Crippen molar-refractivity contribution >= 4 is 0 Å². The van der Waals surface area contributed by atoms with Crippen molar-refractivity contribution in [3.63, 3.8) is 0 Å². The third kappa shape index (κ3) is 8.81. The summed E-state index contributed by atoms with van der Waals surface area (Å²) in [4.78, 5) is 4.06. The van der Waals surface area contributed by atoms with E-state index in [0.717, 1.165) is 19.4 Å². The summed E-state index contributed by atoms with van der Waals surface area (Å²) in [7, 11) is 4.88. The highest BCUT2D eigenvalue weighted by atomic mass is 16.9. The van der Waals surface area contributed by atoms with Gasteiger partial charge in [-0.15, -0.1) is 0 Å². The molecule has 0 amide bonds. The Hall–Kier alpha value is -0.910. The van der Waals surface area contributed by atoms with Gasteiger partial charge in [-0.1, -0.05) is 51.4 Å². The molecule has 140 valence electrons.